The second kappa shape index (κ2) is 5.47. The van der Waals surface area contributed by atoms with Crippen molar-refractivity contribution in [3.8, 4) is 0 Å². The fraction of sp³-hybridized carbons (Fsp3) is 0.562. The topological polar surface area (TPSA) is 68.3 Å². The predicted molar refractivity (Wildman–Crippen MR) is 77.2 cm³/mol. The lowest BCUT2D eigenvalue weighted by Gasteiger charge is -2.16. The first-order valence-electron chi connectivity index (χ1n) is 7.59. The van der Waals surface area contributed by atoms with Crippen LogP contribution in [-0.4, -0.2) is 23.0 Å². The van der Waals surface area contributed by atoms with Crippen LogP contribution in [0.5, 0.6) is 0 Å². The van der Waals surface area contributed by atoms with E-state index in [1.807, 2.05) is 13.8 Å². The molecule has 1 fully saturated rings. The fourth-order valence-electron chi connectivity index (χ4n) is 2.98. The first-order valence-corrected chi connectivity index (χ1v) is 7.59. The van der Waals surface area contributed by atoms with E-state index in [2.05, 4.69) is 10.3 Å². The van der Waals surface area contributed by atoms with Crippen LogP contribution in [0.2, 0.25) is 0 Å². The Kier molecular flexibility index (Phi) is 3.66. The summed E-state index contributed by atoms with van der Waals surface area (Å²) >= 11 is 0. The van der Waals surface area contributed by atoms with E-state index in [4.69, 9.17) is 4.74 Å². The minimum Gasteiger partial charge on any atom is -0.459 e. The van der Waals surface area contributed by atoms with Crippen LogP contribution in [0.25, 0.3) is 0 Å². The van der Waals surface area contributed by atoms with Gasteiger partial charge in [0.1, 0.15) is 6.10 Å². The maximum Gasteiger partial charge on any atom is 0.340 e. The van der Waals surface area contributed by atoms with Gasteiger partial charge in [0.05, 0.1) is 29.1 Å². The number of rotatable bonds is 3. The third-order valence-corrected chi connectivity index (χ3v) is 4.13. The van der Waals surface area contributed by atoms with E-state index < -0.39 is 0 Å². The maximum absolute atomic E-state index is 12.4. The van der Waals surface area contributed by atoms with Crippen molar-refractivity contribution in [2.45, 2.75) is 58.1 Å². The summed E-state index contributed by atoms with van der Waals surface area (Å²) in [7, 11) is 0. The van der Waals surface area contributed by atoms with Crippen molar-refractivity contribution in [3.05, 3.63) is 28.6 Å². The van der Waals surface area contributed by atoms with Crippen LogP contribution >= 0.6 is 0 Å². The van der Waals surface area contributed by atoms with Crippen LogP contribution in [0, 0.1) is 0 Å². The quantitative estimate of drug-likeness (QED) is 0.868. The van der Waals surface area contributed by atoms with E-state index >= 15 is 0 Å². The van der Waals surface area contributed by atoms with E-state index in [1.54, 1.807) is 6.07 Å². The van der Waals surface area contributed by atoms with E-state index in [1.165, 1.54) is 0 Å². The van der Waals surface area contributed by atoms with Crippen LogP contribution in [0.3, 0.4) is 0 Å². The molecule has 3 rings (SSSR count). The highest BCUT2D eigenvalue weighted by Crippen LogP contribution is 2.27. The number of esters is 1. The molecule has 1 aliphatic carbocycles. The van der Waals surface area contributed by atoms with E-state index in [0.717, 1.165) is 31.4 Å². The van der Waals surface area contributed by atoms with Crippen molar-refractivity contribution in [2.75, 3.05) is 0 Å². The highest BCUT2D eigenvalue weighted by atomic mass is 16.5. The van der Waals surface area contributed by atoms with Gasteiger partial charge in [0.25, 0.3) is 5.91 Å². The van der Waals surface area contributed by atoms with Crippen molar-refractivity contribution in [1.29, 1.82) is 0 Å². The molecule has 112 valence electrons. The Balaban J connectivity index is 1.93. The Hall–Kier alpha value is -1.91. The van der Waals surface area contributed by atoms with Gasteiger partial charge in [0.2, 0.25) is 0 Å². The Morgan fingerprint density at radius 1 is 1.38 bits per heavy atom. The second-order valence-corrected chi connectivity index (χ2v) is 6.06. The molecule has 1 aromatic rings. The van der Waals surface area contributed by atoms with Crippen molar-refractivity contribution < 1.29 is 14.3 Å². The number of hydrogen-bond acceptors (Lipinski definition) is 4. The lowest BCUT2D eigenvalue weighted by molar-refractivity contribution is 0.0315. The van der Waals surface area contributed by atoms with Crippen LogP contribution in [0.1, 0.15) is 77.6 Å². The zero-order valence-corrected chi connectivity index (χ0v) is 12.4. The lowest BCUT2D eigenvalue weighted by atomic mass is 10.0. The molecule has 2 aliphatic rings. The van der Waals surface area contributed by atoms with Gasteiger partial charge in [-0.3, -0.25) is 9.78 Å². The number of pyridine rings is 1. The van der Waals surface area contributed by atoms with Crippen LogP contribution < -0.4 is 5.32 Å². The van der Waals surface area contributed by atoms with Crippen molar-refractivity contribution >= 4 is 11.9 Å². The zero-order valence-electron chi connectivity index (χ0n) is 12.4. The van der Waals surface area contributed by atoms with E-state index in [-0.39, 0.29) is 23.9 Å². The Bertz CT molecular complexity index is 589. The number of nitrogens with one attached hydrogen (secondary N) is 1. The summed E-state index contributed by atoms with van der Waals surface area (Å²) in [6, 6.07) is 1.65. The van der Waals surface area contributed by atoms with Crippen LogP contribution in [0.15, 0.2) is 6.07 Å². The predicted octanol–water partition coefficient (Wildman–Crippen LogP) is 2.55. The average Bonchev–Trinajstić information content (AvgIpc) is 3.08. The number of fused-ring (bicyclic) bond motifs is 1. The van der Waals surface area contributed by atoms with Gasteiger partial charge >= 0.3 is 5.97 Å². The molecule has 0 saturated heterocycles. The van der Waals surface area contributed by atoms with Gasteiger partial charge in [-0.1, -0.05) is 13.8 Å². The Morgan fingerprint density at radius 2 is 2.10 bits per heavy atom. The number of hydrogen-bond donors (Lipinski definition) is 1. The highest BCUT2D eigenvalue weighted by molar-refractivity contribution is 6.01. The maximum atomic E-state index is 12.4. The summed E-state index contributed by atoms with van der Waals surface area (Å²) < 4.78 is 5.57. The summed E-state index contributed by atoms with van der Waals surface area (Å²) in [5.41, 5.74) is 2.37. The van der Waals surface area contributed by atoms with Crippen molar-refractivity contribution in [1.82, 2.24) is 10.3 Å². The van der Waals surface area contributed by atoms with Gasteiger partial charge in [-0.05, 0) is 37.7 Å². The van der Waals surface area contributed by atoms with Gasteiger partial charge in [-0.2, -0.15) is 0 Å². The molecule has 5 nitrogen and oxygen atoms in total. The number of ether oxygens (including phenoxy) is 1. The van der Waals surface area contributed by atoms with Gasteiger partial charge in [-0.15, -0.1) is 0 Å². The standard InChI is InChI=1S/C16H20N2O3/c1-9(2)14-12(16(20)21-10-5-3-4-6-10)7-11-13(18-14)8-17-15(11)19/h7,9-10H,3-6,8H2,1-2H3,(H,17,19). The number of nitrogens with zero attached hydrogens (tertiary/aromatic N) is 1. The molecule has 1 saturated carbocycles. The largest absolute Gasteiger partial charge is 0.459 e. The molecule has 0 atom stereocenters. The molecule has 5 heteroatoms. The summed E-state index contributed by atoms with van der Waals surface area (Å²) in [4.78, 5) is 28.7. The lowest BCUT2D eigenvalue weighted by Crippen LogP contribution is -2.18. The number of amides is 1. The molecule has 1 amide bonds. The van der Waals surface area contributed by atoms with Gasteiger partial charge in [0, 0.05) is 0 Å². The first kappa shape index (κ1) is 14.0. The summed E-state index contributed by atoms with van der Waals surface area (Å²) in [6.07, 6.45) is 4.10. The SMILES string of the molecule is CC(C)c1nc2c(cc1C(=O)OC1CCCC1)C(=O)NC2. The summed E-state index contributed by atoms with van der Waals surface area (Å²) in [5, 5.41) is 2.74. The van der Waals surface area contributed by atoms with Gasteiger partial charge in [-0.25, -0.2) is 4.79 Å². The fourth-order valence-corrected chi connectivity index (χ4v) is 2.98. The molecule has 0 aromatic carbocycles. The van der Waals surface area contributed by atoms with E-state index in [9.17, 15) is 9.59 Å². The molecule has 2 heterocycles. The van der Waals surface area contributed by atoms with Gasteiger partial charge < -0.3 is 10.1 Å². The zero-order chi connectivity index (χ0) is 15.0. The molecule has 1 aliphatic heterocycles. The molecule has 21 heavy (non-hydrogen) atoms. The summed E-state index contributed by atoms with van der Waals surface area (Å²) in [6.45, 7) is 4.42. The number of aromatic nitrogens is 1. The number of carbonyl (C=O) groups excluding carboxylic acids is 2. The van der Waals surface area contributed by atoms with Crippen molar-refractivity contribution in [3.63, 3.8) is 0 Å². The molecular formula is C16H20N2O3. The monoisotopic (exact) mass is 288 g/mol. The minimum absolute atomic E-state index is 0.0135. The van der Waals surface area contributed by atoms with E-state index in [0.29, 0.717) is 23.4 Å². The average molecular weight is 288 g/mol. The molecule has 1 N–H and O–H groups in total. The third kappa shape index (κ3) is 2.64. The third-order valence-electron chi connectivity index (χ3n) is 4.13. The Morgan fingerprint density at radius 3 is 2.76 bits per heavy atom. The molecule has 0 bridgehead atoms. The highest BCUT2D eigenvalue weighted by Gasteiger charge is 2.28. The first-order chi connectivity index (χ1) is 10.1. The van der Waals surface area contributed by atoms with Crippen LogP contribution in [-0.2, 0) is 11.3 Å². The van der Waals surface area contributed by atoms with Crippen molar-refractivity contribution in [2.24, 2.45) is 0 Å². The second-order valence-electron chi connectivity index (χ2n) is 6.06. The minimum atomic E-state index is -0.347. The molecule has 1 aromatic heterocycles. The molecule has 0 radical (unpaired) electrons. The number of carbonyl (C=O) groups is 2. The molecule has 0 unspecified atom stereocenters. The summed E-state index contributed by atoms with van der Waals surface area (Å²) in [5.74, 6) is -0.402. The van der Waals surface area contributed by atoms with Crippen LogP contribution in [0.4, 0.5) is 0 Å². The normalized spacial score (nSPS) is 18.0. The van der Waals surface area contributed by atoms with Gasteiger partial charge in [0.15, 0.2) is 0 Å². The molecular weight excluding hydrogens is 268 g/mol. The smallest absolute Gasteiger partial charge is 0.340 e. The molecule has 0 spiro atoms. The Labute approximate surface area is 124 Å².